The van der Waals surface area contributed by atoms with Crippen molar-refractivity contribution in [3.63, 3.8) is 0 Å². The van der Waals surface area contributed by atoms with Gasteiger partial charge < -0.3 is 15.6 Å². The monoisotopic (exact) mass is 169 g/mol. The summed E-state index contributed by atoms with van der Waals surface area (Å²) in [6, 6.07) is -0.143. The van der Waals surface area contributed by atoms with Crippen molar-refractivity contribution in [2.24, 2.45) is 17.6 Å². The molecule has 0 saturated heterocycles. The summed E-state index contributed by atoms with van der Waals surface area (Å²) in [6.07, 6.45) is 3.45. The maximum atomic E-state index is 10.3. The molecule has 4 heteroatoms. The molecule has 3 N–H and O–H groups in total. The van der Waals surface area contributed by atoms with E-state index in [1.807, 2.05) is 6.08 Å². The summed E-state index contributed by atoms with van der Waals surface area (Å²) in [6.45, 7) is 0. The fourth-order valence-electron chi connectivity index (χ4n) is 2.10. The molecule has 0 aromatic rings. The average molecular weight is 169 g/mol. The minimum Gasteiger partial charge on any atom is -0.450 e. The summed E-state index contributed by atoms with van der Waals surface area (Å²) in [4.78, 5) is 10.3. The fraction of sp³-hybridized carbons (Fsp3) is 0.625. The molecular weight excluding hydrogens is 158 g/mol. The van der Waals surface area contributed by atoms with Crippen molar-refractivity contribution >= 4 is 6.16 Å². The quantitative estimate of drug-likeness (QED) is 0.445. The van der Waals surface area contributed by atoms with Gasteiger partial charge >= 0.3 is 6.16 Å². The van der Waals surface area contributed by atoms with Crippen molar-refractivity contribution in [1.29, 1.82) is 0 Å². The number of hydrogen-bond acceptors (Lipinski definition) is 3. The highest BCUT2D eigenvalue weighted by Gasteiger charge is 2.44. The topological polar surface area (TPSA) is 72.5 Å². The minimum absolute atomic E-state index is 0.143. The third-order valence-electron chi connectivity index (χ3n) is 2.68. The first-order valence-corrected chi connectivity index (χ1v) is 4.02. The average Bonchev–Trinajstić information content (AvgIpc) is 2.53. The van der Waals surface area contributed by atoms with Gasteiger partial charge in [-0.05, 0) is 12.3 Å². The van der Waals surface area contributed by atoms with E-state index < -0.39 is 6.16 Å². The highest BCUT2D eigenvalue weighted by atomic mass is 16.7. The van der Waals surface area contributed by atoms with Crippen LogP contribution in [0.2, 0.25) is 0 Å². The van der Waals surface area contributed by atoms with Gasteiger partial charge in [-0.1, -0.05) is 12.2 Å². The fourth-order valence-corrected chi connectivity index (χ4v) is 2.10. The zero-order chi connectivity index (χ0) is 8.72. The maximum absolute atomic E-state index is 10.3. The Hall–Kier alpha value is -1.03. The summed E-state index contributed by atoms with van der Waals surface area (Å²) in [5.74, 6) is 0.528. The van der Waals surface area contributed by atoms with Crippen molar-refractivity contribution in [3.8, 4) is 0 Å². The number of carbonyl (C=O) groups is 1. The van der Waals surface area contributed by atoms with E-state index in [0.717, 1.165) is 6.42 Å². The Balaban J connectivity index is 2.08. The van der Waals surface area contributed by atoms with Crippen LogP contribution >= 0.6 is 0 Å². The number of ether oxygens (including phenoxy) is 1. The molecule has 0 heterocycles. The van der Waals surface area contributed by atoms with Crippen LogP contribution in [0.25, 0.3) is 0 Å². The third kappa shape index (κ3) is 0.992. The molecule has 66 valence electrons. The van der Waals surface area contributed by atoms with E-state index in [1.54, 1.807) is 0 Å². The highest BCUT2D eigenvalue weighted by molar-refractivity contribution is 5.57. The predicted octanol–water partition coefficient (Wildman–Crippen LogP) is 0.583. The molecule has 0 aromatic heterocycles. The van der Waals surface area contributed by atoms with Gasteiger partial charge in [-0.15, -0.1) is 0 Å². The summed E-state index contributed by atoms with van der Waals surface area (Å²) in [5.41, 5.74) is 5.77. The maximum Gasteiger partial charge on any atom is 0.506 e. The Morgan fingerprint density at radius 2 is 2.17 bits per heavy atom. The van der Waals surface area contributed by atoms with Crippen LogP contribution in [0.3, 0.4) is 0 Å². The highest BCUT2D eigenvalue weighted by Crippen LogP contribution is 2.39. The van der Waals surface area contributed by atoms with E-state index in [9.17, 15) is 4.79 Å². The lowest BCUT2D eigenvalue weighted by Crippen LogP contribution is -2.40. The van der Waals surface area contributed by atoms with Crippen molar-refractivity contribution < 1.29 is 14.6 Å². The molecule has 4 nitrogen and oxygen atoms in total. The molecule has 4 unspecified atom stereocenters. The van der Waals surface area contributed by atoms with Gasteiger partial charge in [0.1, 0.15) is 6.10 Å². The minimum atomic E-state index is -1.23. The Bertz CT molecular complexity index is 238. The van der Waals surface area contributed by atoms with Crippen LogP contribution in [-0.2, 0) is 4.74 Å². The van der Waals surface area contributed by atoms with Crippen LogP contribution < -0.4 is 5.73 Å². The van der Waals surface area contributed by atoms with Gasteiger partial charge in [0.25, 0.3) is 0 Å². The van der Waals surface area contributed by atoms with E-state index >= 15 is 0 Å². The first-order chi connectivity index (χ1) is 5.68. The van der Waals surface area contributed by atoms with Gasteiger partial charge in [-0.25, -0.2) is 4.79 Å². The van der Waals surface area contributed by atoms with Crippen LogP contribution in [0.5, 0.6) is 0 Å². The van der Waals surface area contributed by atoms with E-state index in [1.165, 1.54) is 0 Å². The van der Waals surface area contributed by atoms with Crippen LogP contribution in [0.1, 0.15) is 6.42 Å². The number of rotatable bonds is 1. The SMILES string of the molecule is NC1C2C=CC(C2)C1OC(=O)O. The van der Waals surface area contributed by atoms with Crippen molar-refractivity contribution in [2.75, 3.05) is 0 Å². The van der Waals surface area contributed by atoms with Crippen molar-refractivity contribution in [2.45, 2.75) is 18.6 Å². The number of hydrogen-bond donors (Lipinski definition) is 2. The molecule has 4 atom stereocenters. The summed E-state index contributed by atoms with van der Waals surface area (Å²) in [5, 5.41) is 8.42. The lowest BCUT2D eigenvalue weighted by molar-refractivity contribution is 0.0340. The molecule has 1 saturated carbocycles. The second-order valence-electron chi connectivity index (χ2n) is 3.37. The Morgan fingerprint density at radius 1 is 1.50 bits per heavy atom. The Labute approximate surface area is 70.0 Å². The molecule has 2 rings (SSSR count). The second kappa shape index (κ2) is 2.48. The molecule has 1 fully saturated rings. The van der Waals surface area contributed by atoms with Crippen molar-refractivity contribution in [1.82, 2.24) is 0 Å². The molecule has 0 aliphatic heterocycles. The number of nitrogens with two attached hydrogens (primary N) is 1. The summed E-state index contributed by atoms with van der Waals surface area (Å²) < 4.78 is 4.70. The normalized spacial score (nSPS) is 43.4. The van der Waals surface area contributed by atoms with Crippen molar-refractivity contribution in [3.05, 3.63) is 12.2 Å². The van der Waals surface area contributed by atoms with Gasteiger partial charge in [0, 0.05) is 12.0 Å². The van der Waals surface area contributed by atoms with Gasteiger partial charge in [0.2, 0.25) is 0 Å². The number of fused-ring (bicyclic) bond motifs is 2. The molecule has 2 aliphatic carbocycles. The summed E-state index contributed by atoms with van der Waals surface area (Å²) in [7, 11) is 0. The molecule has 2 aliphatic rings. The lowest BCUT2D eigenvalue weighted by Gasteiger charge is -2.22. The van der Waals surface area contributed by atoms with Gasteiger partial charge in [0.05, 0.1) is 0 Å². The smallest absolute Gasteiger partial charge is 0.450 e. The first kappa shape index (κ1) is 7.61. The molecule has 0 radical (unpaired) electrons. The largest absolute Gasteiger partial charge is 0.506 e. The third-order valence-corrected chi connectivity index (χ3v) is 2.68. The van der Waals surface area contributed by atoms with E-state index in [-0.39, 0.29) is 18.1 Å². The summed E-state index contributed by atoms with van der Waals surface area (Å²) >= 11 is 0. The van der Waals surface area contributed by atoms with Crippen LogP contribution in [0.4, 0.5) is 4.79 Å². The standard InChI is InChI=1S/C8H11NO3/c9-6-4-1-2-5(3-4)7(6)12-8(10)11/h1-2,4-7H,3,9H2,(H,10,11). The Morgan fingerprint density at radius 3 is 2.67 bits per heavy atom. The zero-order valence-corrected chi connectivity index (χ0v) is 6.51. The van der Waals surface area contributed by atoms with Crippen LogP contribution in [0, 0.1) is 11.8 Å². The lowest BCUT2D eigenvalue weighted by atomic mass is 10.00. The molecule has 0 amide bonds. The molecule has 0 spiro atoms. The molecule has 2 bridgehead atoms. The molecule has 0 aromatic carbocycles. The predicted molar refractivity (Wildman–Crippen MR) is 41.6 cm³/mol. The van der Waals surface area contributed by atoms with Crippen LogP contribution in [0.15, 0.2) is 12.2 Å². The molecular formula is C8H11NO3. The van der Waals surface area contributed by atoms with Crippen LogP contribution in [-0.4, -0.2) is 23.4 Å². The first-order valence-electron chi connectivity index (χ1n) is 4.02. The molecule has 12 heavy (non-hydrogen) atoms. The zero-order valence-electron chi connectivity index (χ0n) is 6.51. The van der Waals surface area contributed by atoms with E-state index in [2.05, 4.69) is 6.08 Å². The van der Waals surface area contributed by atoms with Gasteiger partial charge in [0.15, 0.2) is 0 Å². The number of carboxylic acid groups (broad SMARTS) is 1. The van der Waals surface area contributed by atoms with E-state index in [0.29, 0.717) is 5.92 Å². The second-order valence-corrected chi connectivity index (χ2v) is 3.37. The Kier molecular flexibility index (Phi) is 1.58. The van der Waals surface area contributed by atoms with Gasteiger partial charge in [-0.2, -0.15) is 0 Å². The van der Waals surface area contributed by atoms with Gasteiger partial charge in [-0.3, -0.25) is 0 Å². The van der Waals surface area contributed by atoms with E-state index in [4.69, 9.17) is 15.6 Å².